The molecular formula is C21H16N2O4S. The molecule has 0 aromatic heterocycles. The summed E-state index contributed by atoms with van der Waals surface area (Å²) in [6.45, 7) is 0. The van der Waals surface area contributed by atoms with Crippen LogP contribution in [0.2, 0.25) is 0 Å². The highest BCUT2D eigenvalue weighted by Gasteiger charge is 2.16. The molecule has 1 N–H and O–H groups in total. The zero-order valence-electron chi connectivity index (χ0n) is 14.9. The van der Waals surface area contributed by atoms with E-state index in [0.29, 0.717) is 27.9 Å². The van der Waals surface area contributed by atoms with Gasteiger partial charge in [0.2, 0.25) is 0 Å². The number of rotatable bonds is 4. The maximum Gasteiger partial charge on any atom is 0.295 e. The summed E-state index contributed by atoms with van der Waals surface area (Å²) in [4.78, 5) is -0.162. The van der Waals surface area contributed by atoms with Crippen molar-refractivity contribution < 1.29 is 17.7 Å². The Bertz CT molecular complexity index is 1330. The van der Waals surface area contributed by atoms with Crippen molar-refractivity contribution in [3.05, 3.63) is 72.8 Å². The lowest BCUT2D eigenvalue weighted by molar-refractivity contribution is 0.416. The van der Waals surface area contributed by atoms with Gasteiger partial charge in [0.15, 0.2) is 0 Å². The molecule has 0 bridgehead atoms. The van der Waals surface area contributed by atoms with Crippen LogP contribution in [0.1, 0.15) is 0 Å². The Labute approximate surface area is 161 Å². The molecule has 140 valence electrons. The van der Waals surface area contributed by atoms with Crippen molar-refractivity contribution >= 4 is 43.0 Å². The monoisotopic (exact) mass is 392 g/mol. The van der Waals surface area contributed by atoms with Gasteiger partial charge in [-0.15, -0.1) is 10.2 Å². The zero-order chi connectivity index (χ0) is 19.7. The number of ether oxygens (including phenoxy) is 1. The summed E-state index contributed by atoms with van der Waals surface area (Å²) >= 11 is 0. The number of benzene rings is 4. The van der Waals surface area contributed by atoms with Crippen LogP contribution in [0, 0.1) is 0 Å². The summed E-state index contributed by atoms with van der Waals surface area (Å²) in [5, 5.41) is 11.6. The molecule has 6 nitrogen and oxygen atoms in total. The fraction of sp³-hybridized carbons (Fsp3) is 0.0476. The van der Waals surface area contributed by atoms with Crippen LogP contribution in [0.3, 0.4) is 0 Å². The Kier molecular flexibility index (Phi) is 4.54. The second kappa shape index (κ2) is 7.03. The van der Waals surface area contributed by atoms with Gasteiger partial charge in [0.05, 0.1) is 12.8 Å². The van der Waals surface area contributed by atoms with Crippen LogP contribution in [-0.4, -0.2) is 20.1 Å². The van der Waals surface area contributed by atoms with Gasteiger partial charge >= 0.3 is 0 Å². The Morgan fingerprint density at radius 1 is 0.786 bits per heavy atom. The lowest BCUT2D eigenvalue weighted by Crippen LogP contribution is -1.98. The van der Waals surface area contributed by atoms with Crippen molar-refractivity contribution in [2.45, 2.75) is 4.90 Å². The van der Waals surface area contributed by atoms with Gasteiger partial charge < -0.3 is 4.74 Å². The molecular weight excluding hydrogens is 376 g/mol. The van der Waals surface area contributed by atoms with Gasteiger partial charge in [0.1, 0.15) is 16.3 Å². The van der Waals surface area contributed by atoms with E-state index < -0.39 is 10.1 Å². The first kappa shape index (κ1) is 18.1. The maximum atomic E-state index is 11.7. The van der Waals surface area contributed by atoms with Crippen molar-refractivity contribution in [1.29, 1.82) is 0 Å². The molecule has 0 aliphatic rings. The third-order valence-corrected chi connectivity index (χ3v) is 5.39. The van der Waals surface area contributed by atoms with Crippen LogP contribution < -0.4 is 4.74 Å². The average molecular weight is 392 g/mol. The van der Waals surface area contributed by atoms with E-state index in [4.69, 9.17) is 4.74 Å². The minimum Gasteiger partial charge on any atom is -0.494 e. The van der Waals surface area contributed by atoms with Gasteiger partial charge in [-0.2, -0.15) is 8.42 Å². The predicted molar refractivity (Wildman–Crippen MR) is 108 cm³/mol. The van der Waals surface area contributed by atoms with Gasteiger partial charge in [0.25, 0.3) is 10.1 Å². The maximum absolute atomic E-state index is 11.7. The van der Waals surface area contributed by atoms with E-state index in [1.54, 1.807) is 31.4 Å². The molecule has 0 aliphatic heterocycles. The van der Waals surface area contributed by atoms with Gasteiger partial charge in [-0.05, 0) is 23.6 Å². The SMILES string of the molecule is COc1ccc2ccccc2c1/N=N/c1ccc(S(=O)(=O)O)c2ccccc12. The first-order valence-corrected chi connectivity index (χ1v) is 9.90. The van der Waals surface area contributed by atoms with Crippen LogP contribution in [0.5, 0.6) is 5.75 Å². The predicted octanol–water partition coefficient (Wildman–Crippen LogP) is 5.66. The molecule has 0 spiro atoms. The average Bonchev–Trinajstić information content (AvgIpc) is 2.70. The largest absolute Gasteiger partial charge is 0.494 e. The molecule has 4 rings (SSSR count). The van der Waals surface area contributed by atoms with Crippen molar-refractivity contribution in [2.75, 3.05) is 7.11 Å². The molecule has 28 heavy (non-hydrogen) atoms. The molecule has 4 aromatic rings. The van der Waals surface area contributed by atoms with E-state index in [1.165, 1.54) is 12.1 Å². The lowest BCUT2D eigenvalue weighted by Gasteiger charge is -2.08. The first-order chi connectivity index (χ1) is 13.5. The van der Waals surface area contributed by atoms with Gasteiger partial charge in [0, 0.05) is 16.2 Å². The highest BCUT2D eigenvalue weighted by Crippen LogP contribution is 2.38. The second-order valence-corrected chi connectivity index (χ2v) is 7.53. The molecule has 0 amide bonds. The number of methoxy groups -OCH3 is 1. The van der Waals surface area contributed by atoms with Crippen LogP contribution in [0.25, 0.3) is 21.5 Å². The minimum absolute atomic E-state index is 0.162. The van der Waals surface area contributed by atoms with Crippen molar-refractivity contribution in [3.8, 4) is 5.75 Å². The van der Waals surface area contributed by atoms with Crippen LogP contribution in [-0.2, 0) is 10.1 Å². The van der Waals surface area contributed by atoms with E-state index in [2.05, 4.69) is 10.2 Å². The topological polar surface area (TPSA) is 88.3 Å². The third-order valence-electron chi connectivity index (χ3n) is 4.48. The second-order valence-electron chi connectivity index (χ2n) is 6.14. The number of azo groups is 1. The first-order valence-electron chi connectivity index (χ1n) is 8.46. The van der Waals surface area contributed by atoms with E-state index in [0.717, 1.165) is 10.8 Å². The molecule has 4 aromatic carbocycles. The Balaban J connectivity index is 1.91. The van der Waals surface area contributed by atoms with E-state index in [-0.39, 0.29) is 4.90 Å². The van der Waals surface area contributed by atoms with Crippen LogP contribution in [0.4, 0.5) is 11.4 Å². The highest BCUT2D eigenvalue weighted by molar-refractivity contribution is 7.86. The smallest absolute Gasteiger partial charge is 0.295 e. The van der Waals surface area contributed by atoms with E-state index in [1.807, 2.05) is 36.4 Å². The van der Waals surface area contributed by atoms with Crippen molar-refractivity contribution in [3.63, 3.8) is 0 Å². The summed E-state index contributed by atoms with van der Waals surface area (Å²) in [6, 6.07) is 21.2. The molecule has 0 heterocycles. The molecule has 0 saturated carbocycles. The minimum atomic E-state index is -4.35. The quantitative estimate of drug-likeness (QED) is 0.358. The number of fused-ring (bicyclic) bond motifs is 2. The number of nitrogens with zero attached hydrogens (tertiary/aromatic N) is 2. The normalized spacial score (nSPS) is 12.1. The van der Waals surface area contributed by atoms with Gasteiger partial charge in [-0.25, -0.2) is 0 Å². The molecule has 0 unspecified atom stereocenters. The summed E-state index contributed by atoms with van der Waals surface area (Å²) < 4.78 is 38.2. The highest BCUT2D eigenvalue weighted by atomic mass is 32.2. The van der Waals surface area contributed by atoms with Crippen LogP contribution >= 0.6 is 0 Å². The molecule has 0 aliphatic carbocycles. The number of hydrogen-bond acceptors (Lipinski definition) is 5. The third kappa shape index (κ3) is 3.21. The summed E-state index contributed by atoms with van der Waals surface area (Å²) in [6.07, 6.45) is 0. The fourth-order valence-corrected chi connectivity index (χ4v) is 3.87. The van der Waals surface area contributed by atoms with Crippen molar-refractivity contribution in [2.24, 2.45) is 10.2 Å². The molecule has 0 fully saturated rings. The summed E-state index contributed by atoms with van der Waals surface area (Å²) in [7, 11) is -2.78. The number of hydrogen-bond donors (Lipinski definition) is 1. The fourth-order valence-electron chi connectivity index (χ4n) is 3.17. The van der Waals surface area contributed by atoms with E-state index >= 15 is 0 Å². The molecule has 0 saturated heterocycles. The molecule has 0 radical (unpaired) electrons. The Morgan fingerprint density at radius 2 is 1.46 bits per heavy atom. The molecule has 0 atom stereocenters. The Hall–Kier alpha value is -3.29. The Morgan fingerprint density at radius 3 is 2.18 bits per heavy atom. The molecule has 7 heteroatoms. The van der Waals surface area contributed by atoms with Gasteiger partial charge in [-0.1, -0.05) is 54.6 Å². The van der Waals surface area contributed by atoms with Crippen LogP contribution in [0.15, 0.2) is 87.9 Å². The van der Waals surface area contributed by atoms with Gasteiger partial charge in [-0.3, -0.25) is 4.55 Å². The zero-order valence-corrected chi connectivity index (χ0v) is 15.7. The summed E-state index contributed by atoms with van der Waals surface area (Å²) in [5.41, 5.74) is 1.07. The standard InChI is InChI=1S/C21H16N2O4S/c1-27-19-12-10-14-6-2-3-7-15(14)21(19)23-22-18-11-13-20(28(24,25)26)17-9-5-4-8-16(17)18/h2-13H,1H3,(H,24,25,26)/b23-22+. The lowest BCUT2D eigenvalue weighted by atomic mass is 10.1. The van der Waals surface area contributed by atoms with E-state index in [9.17, 15) is 13.0 Å². The summed E-state index contributed by atoms with van der Waals surface area (Å²) in [5.74, 6) is 0.585. The van der Waals surface area contributed by atoms with Crippen molar-refractivity contribution in [1.82, 2.24) is 0 Å².